The predicted octanol–water partition coefficient (Wildman–Crippen LogP) is 4.17. The molecule has 0 atom stereocenters. The van der Waals surface area contributed by atoms with Crippen LogP contribution in [0.4, 0.5) is 0 Å². The molecule has 7 heteroatoms. The first-order valence-corrected chi connectivity index (χ1v) is 11.9. The summed E-state index contributed by atoms with van der Waals surface area (Å²) in [5.74, 6) is 2.42. The van der Waals surface area contributed by atoms with E-state index in [-0.39, 0.29) is 5.91 Å². The number of benzene rings is 2. The van der Waals surface area contributed by atoms with Crippen LogP contribution in [0.2, 0.25) is 0 Å². The van der Waals surface area contributed by atoms with Crippen molar-refractivity contribution in [1.29, 1.82) is 5.26 Å². The minimum absolute atomic E-state index is 0.0529. The first-order chi connectivity index (χ1) is 16.5. The Morgan fingerprint density at radius 1 is 1.15 bits per heavy atom. The number of rotatable bonds is 5. The molecule has 2 aromatic carbocycles. The average Bonchev–Trinajstić information content (AvgIpc) is 3.29. The van der Waals surface area contributed by atoms with Crippen molar-refractivity contribution < 1.29 is 9.53 Å². The number of ether oxygens (including phenoxy) is 1. The molecule has 34 heavy (non-hydrogen) atoms. The third-order valence-electron chi connectivity index (χ3n) is 7.08. The number of nitrogens with one attached hydrogen (secondary N) is 1. The number of carbonyl (C=O) groups is 1. The highest BCUT2D eigenvalue weighted by Gasteiger charge is 2.27. The molecule has 3 heterocycles. The maximum atomic E-state index is 13.5. The summed E-state index contributed by atoms with van der Waals surface area (Å²) in [6.45, 7) is 6.94. The van der Waals surface area contributed by atoms with Crippen molar-refractivity contribution >= 4 is 5.91 Å². The number of hydrogen-bond acceptors (Lipinski definition) is 5. The summed E-state index contributed by atoms with van der Waals surface area (Å²) in [7, 11) is 0. The Morgan fingerprint density at radius 2 is 1.91 bits per heavy atom. The average molecular weight is 456 g/mol. The first kappa shape index (κ1) is 22.3. The monoisotopic (exact) mass is 455 g/mol. The van der Waals surface area contributed by atoms with Crippen molar-refractivity contribution in [2.24, 2.45) is 5.92 Å². The first-order valence-electron chi connectivity index (χ1n) is 11.9. The standard InChI is InChI=1S/C27H29N5O2/c1-17-11-18(2)24(13-23(17)26-29-25(30-31-26)12-19-15-34-16-19)27(33)32-9-7-20(8-10-32)22-6-4-3-5-21(22)14-28/h3-6,11,13,19-20H,7-10,12,15-16H2,1-2H3,(H,29,30,31). The van der Waals surface area contributed by atoms with Crippen LogP contribution < -0.4 is 0 Å². The number of piperidine rings is 1. The van der Waals surface area contributed by atoms with Crippen LogP contribution in [0.25, 0.3) is 11.4 Å². The molecule has 5 rings (SSSR count). The molecule has 0 bridgehead atoms. The predicted molar refractivity (Wildman–Crippen MR) is 128 cm³/mol. The van der Waals surface area contributed by atoms with E-state index in [1.54, 1.807) is 0 Å². The van der Waals surface area contributed by atoms with E-state index in [2.05, 4.69) is 27.3 Å². The van der Waals surface area contributed by atoms with Gasteiger partial charge in [0.2, 0.25) is 0 Å². The molecule has 1 amide bonds. The fourth-order valence-electron chi connectivity index (χ4n) is 5.04. The van der Waals surface area contributed by atoms with E-state index in [9.17, 15) is 10.1 Å². The Labute approximate surface area is 199 Å². The van der Waals surface area contributed by atoms with Gasteiger partial charge < -0.3 is 14.6 Å². The van der Waals surface area contributed by atoms with Gasteiger partial charge >= 0.3 is 0 Å². The van der Waals surface area contributed by atoms with Crippen LogP contribution in [-0.4, -0.2) is 52.3 Å². The third kappa shape index (κ3) is 4.34. The Kier molecular flexibility index (Phi) is 6.16. The largest absolute Gasteiger partial charge is 0.381 e. The van der Waals surface area contributed by atoms with Gasteiger partial charge in [-0.3, -0.25) is 4.79 Å². The van der Waals surface area contributed by atoms with Gasteiger partial charge in [-0.1, -0.05) is 24.3 Å². The summed E-state index contributed by atoms with van der Waals surface area (Å²) in [6.07, 6.45) is 2.55. The zero-order chi connectivity index (χ0) is 23.7. The molecule has 1 aromatic heterocycles. The second kappa shape index (κ2) is 9.40. The fraction of sp³-hybridized carbons (Fsp3) is 0.407. The molecular weight excluding hydrogens is 426 g/mol. The maximum Gasteiger partial charge on any atom is 0.254 e. The highest BCUT2D eigenvalue weighted by Crippen LogP contribution is 2.32. The van der Waals surface area contributed by atoms with Crippen LogP contribution in [0.5, 0.6) is 0 Å². The van der Waals surface area contributed by atoms with Gasteiger partial charge in [0.1, 0.15) is 5.82 Å². The van der Waals surface area contributed by atoms with Crippen molar-refractivity contribution in [1.82, 2.24) is 20.1 Å². The summed E-state index contributed by atoms with van der Waals surface area (Å²) < 4.78 is 5.26. The number of nitriles is 1. The molecular formula is C27H29N5O2. The number of hydrogen-bond donors (Lipinski definition) is 1. The van der Waals surface area contributed by atoms with Crippen LogP contribution >= 0.6 is 0 Å². The summed E-state index contributed by atoms with van der Waals surface area (Å²) >= 11 is 0. The Hall–Kier alpha value is -3.50. The van der Waals surface area contributed by atoms with E-state index in [0.29, 0.717) is 36.3 Å². The third-order valence-corrected chi connectivity index (χ3v) is 7.08. The van der Waals surface area contributed by atoms with Gasteiger partial charge in [0.05, 0.1) is 24.8 Å². The van der Waals surface area contributed by atoms with Crippen LogP contribution in [0.15, 0.2) is 36.4 Å². The zero-order valence-electron chi connectivity index (χ0n) is 19.7. The molecule has 0 saturated carbocycles. The van der Waals surface area contributed by atoms with Gasteiger partial charge in [-0.25, -0.2) is 0 Å². The van der Waals surface area contributed by atoms with Crippen LogP contribution in [0, 0.1) is 31.1 Å². The lowest BCUT2D eigenvalue weighted by Crippen LogP contribution is -2.38. The van der Waals surface area contributed by atoms with E-state index >= 15 is 0 Å². The number of aryl methyl sites for hydroxylation is 2. The lowest BCUT2D eigenvalue weighted by molar-refractivity contribution is -0.0320. The SMILES string of the molecule is Cc1cc(C)c(-c2nnc(CC3COC3)[nH]2)cc1C(=O)N1CCC(c2ccccc2C#N)CC1. The molecule has 7 nitrogen and oxygen atoms in total. The maximum absolute atomic E-state index is 13.5. The van der Waals surface area contributed by atoms with Crippen molar-refractivity contribution in [2.45, 2.75) is 39.0 Å². The molecule has 2 aliphatic rings. The van der Waals surface area contributed by atoms with Gasteiger partial charge in [0.15, 0.2) is 5.82 Å². The van der Waals surface area contributed by atoms with Crippen LogP contribution in [0.1, 0.15) is 57.2 Å². The Bertz CT molecular complexity index is 1250. The second-order valence-corrected chi connectivity index (χ2v) is 9.48. The number of aromatic nitrogens is 3. The van der Waals surface area contributed by atoms with Crippen LogP contribution in [-0.2, 0) is 11.2 Å². The molecule has 0 aliphatic carbocycles. The van der Waals surface area contributed by atoms with E-state index in [1.807, 2.05) is 49.1 Å². The van der Waals surface area contributed by atoms with Gasteiger partial charge in [-0.15, -0.1) is 10.2 Å². The molecule has 2 saturated heterocycles. The quantitative estimate of drug-likeness (QED) is 0.623. The number of H-pyrrole nitrogens is 1. The van der Waals surface area contributed by atoms with Gasteiger partial charge in [-0.2, -0.15) is 5.26 Å². The smallest absolute Gasteiger partial charge is 0.254 e. The van der Waals surface area contributed by atoms with E-state index in [4.69, 9.17) is 4.74 Å². The molecule has 1 N–H and O–H groups in total. The number of carbonyl (C=O) groups excluding carboxylic acids is 1. The van der Waals surface area contributed by atoms with Crippen molar-refractivity contribution in [3.8, 4) is 17.5 Å². The lowest BCUT2D eigenvalue weighted by atomic mass is 9.86. The zero-order valence-corrected chi connectivity index (χ0v) is 19.7. The van der Waals surface area contributed by atoms with Crippen molar-refractivity contribution in [2.75, 3.05) is 26.3 Å². The van der Waals surface area contributed by atoms with Crippen LogP contribution in [0.3, 0.4) is 0 Å². The molecule has 0 unspecified atom stereocenters. The molecule has 2 aliphatic heterocycles. The van der Waals surface area contributed by atoms with E-state index < -0.39 is 0 Å². The number of nitrogens with zero attached hydrogens (tertiary/aromatic N) is 4. The van der Waals surface area contributed by atoms with Crippen molar-refractivity contribution in [3.63, 3.8) is 0 Å². The highest BCUT2D eigenvalue weighted by atomic mass is 16.5. The Morgan fingerprint density at radius 3 is 2.62 bits per heavy atom. The van der Waals surface area contributed by atoms with Gasteiger partial charge in [0, 0.05) is 36.6 Å². The summed E-state index contributed by atoms with van der Waals surface area (Å²) in [5, 5.41) is 18.1. The van der Waals surface area contributed by atoms with Gasteiger partial charge in [-0.05, 0) is 61.4 Å². The summed E-state index contributed by atoms with van der Waals surface area (Å²) in [4.78, 5) is 18.8. The molecule has 0 radical (unpaired) electrons. The summed E-state index contributed by atoms with van der Waals surface area (Å²) in [5.41, 5.74) is 5.49. The molecule has 3 aromatic rings. The topological polar surface area (TPSA) is 94.9 Å². The molecule has 2 fully saturated rings. The van der Waals surface area contributed by atoms with Gasteiger partial charge in [0.25, 0.3) is 5.91 Å². The molecule has 174 valence electrons. The normalized spacial score (nSPS) is 16.8. The fourth-order valence-corrected chi connectivity index (χ4v) is 5.04. The molecule has 0 spiro atoms. The summed E-state index contributed by atoms with van der Waals surface area (Å²) in [6, 6.07) is 14.1. The minimum atomic E-state index is 0.0529. The number of amides is 1. The Balaban J connectivity index is 1.32. The van der Waals surface area contributed by atoms with E-state index in [0.717, 1.165) is 66.1 Å². The number of aromatic amines is 1. The van der Waals surface area contributed by atoms with Crippen molar-refractivity contribution in [3.05, 3.63) is 70.0 Å². The lowest BCUT2D eigenvalue weighted by Gasteiger charge is -2.33. The number of likely N-dealkylation sites (tertiary alicyclic amines) is 1. The second-order valence-electron chi connectivity index (χ2n) is 9.48. The highest BCUT2D eigenvalue weighted by molar-refractivity contribution is 5.97. The van der Waals surface area contributed by atoms with E-state index in [1.165, 1.54) is 0 Å². The minimum Gasteiger partial charge on any atom is -0.381 e.